The Morgan fingerprint density at radius 1 is 1.06 bits per heavy atom. The Balaban J connectivity index is 1.41. The van der Waals surface area contributed by atoms with Crippen LogP contribution in [0.3, 0.4) is 0 Å². The van der Waals surface area contributed by atoms with Gasteiger partial charge < -0.3 is 29.0 Å². The Hall–Kier alpha value is -3.68. The first-order chi connectivity index (χ1) is 15.1. The summed E-state index contributed by atoms with van der Waals surface area (Å²) >= 11 is 0. The van der Waals surface area contributed by atoms with Gasteiger partial charge in [-0.2, -0.15) is 0 Å². The fourth-order valence-corrected chi connectivity index (χ4v) is 3.03. The van der Waals surface area contributed by atoms with Crippen LogP contribution in [0.1, 0.15) is 11.1 Å². The molecule has 0 saturated carbocycles. The van der Waals surface area contributed by atoms with Crippen molar-refractivity contribution >= 4 is 18.0 Å². The first kappa shape index (κ1) is 22.0. The van der Waals surface area contributed by atoms with E-state index in [4.69, 9.17) is 23.7 Å². The number of ether oxygens (including phenoxy) is 5. The number of carbonyl (C=O) groups is 2. The summed E-state index contributed by atoms with van der Waals surface area (Å²) in [7, 11) is 3.05. The molecule has 1 heterocycles. The van der Waals surface area contributed by atoms with Gasteiger partial charge in [0.25, 0.3) is 5.91 Å². The number of benzene rings is 2. The maximum atomic E-state index is 11.9. The maximum Gasteiger partial charge on any atom is 0.331 e. The molecule has 0 bridgehead atoms. The van der Waals surface area contributed by atoms with Crippen molar-refractivity contribution in [3.05, 3.63) is 53.6 Å². The second-order valence-corrected chi connectivity index (χ2v) is 6.60. The van der Waals surface area contributed by atoms with E-state index in [9.17, 15) is 9.59 Å². The zero-order chi connectivity index (χ0) is 22.1. The van der Waals surface area contributed by atoms with Gasteiger partial charge in [0.15, 0.2) is 29.6 Å². The van der Waals surface area contributed by atoms with Crippen LogP contribution in [0, 0.1) is 0 Å². The van der Waals surface area contributed by atoms with Gasteiger partial charge in [-0.3, -0.25) is 4.79 Å². The number of hydrogen-bond donors (Lipinski definition) is 1. The molecule has 8 heteroatoms. The molecule has 1 aliphatic rings. The van der Waals surface area contributed by atoms with Crippen LogP contribution in [0.4, 0.5) is 0 Å². The fraction of sp³-hybridized carbons (Fsp3) is 0.304. The number of para-hydroxylation sites is 1. The molecule has 1 N–H and O–H groups in total. The lowest BCUT2D eigenvalue weighted by Crippen LogP contribution is -2.30. The summed E-state index contributed by atoms with van der Waals surface area (Å²) < 4.78 is 26.5. The molecule has 0 saturated heterocycles. The largest absolute Gasteiger partial charge is 0.493 e. The van der Waals surface area contributed by atoms with Crippen LogP contribution in [-0.4, -0.2) is 52.5 Å². The number of carbonyl (C=O) groups excluding carboxylic acids is 2. The molecule has 31 heavy (non-hydrogen) atoms. The molecule has 164 valence electrons. The van der Waals surface area contributed by atoms with Gasteiger partial charge in [-0.05, 0) is 36.3 Å². The van der Waals surface area contributed by atoms with Crippen LogP contribution in [0.2, 0.25) is 0 Å². The summed E-state index contributed by atoms with van der Waals surface area (Å²) in [5, 5.41) is 2.72. The van der Waals surface area contributed by atoms with Crippen LogP contribution in [0.5, 0.6) is 23.0 Å². The highest BCUT2D eigenvalue weighted by molar-refractivity contribution is 5.89. The summed E-state index contributed by atoms with van der Waals surface area (Å²) in [6.07, 6.45) is 3.40. The normalized spacial score (nSPS) is 12.3. The first-order valence-electron chi connectivity index (χ1n) is 9.81. The molecule has 1 aliphatic heterocycles. The van der Waals surface area contributed by atoms with E-state index in [1.165, 1.54) is 20.3 Å². The highest BCUT2D eigenvalue weighted by Crippen LogP contribution is 2.32. The number of rotatable bonds is 9. The van der Waals surface area contributed by atoms with E-state index >= 15 is 0 Å². The summed E-state index contributed by atoms with van der Waals surface area (Å²) in [5.41, 5.74) is 1.67. The highest BCUT2D eigenvalue weighted by Gasteiger charge is 2.12. The molecular formula is C23H25NO7. The molecule has 0 spiro atoms. The van der Waals surface area contributed by atoms with E-state index < -0.39 is 5.97 Å². The van der Waals surface area contributed by atoms with Crippen molar-refractivity contribution in [1.82, 2.24) is 5.32 Å². The highest BCUT2D eigenvalue weighted by atomic mass is 16.6. The molecule has 3 rings (SSSR count). The lowest BCUT2D eigenvalue weighted by atomic mass is 10.1. The van der Waals surface area contributed by atoms with Crippen molar-refractivity contribution in [2.75, 3.05) is 40.6 Å². The Kier molecular flexibility index (Phi) is 7.75. The number of amides is 1. The summed E-state index contributed by atoms with van der Waals surface area (Å²) in [6, 6.07) is 11.0. The van der Waals surface area contributed by atoms with Crippen molar-refractivity contribution in [1.29, 1.82) is 0 Å². The summed E-state index contributed by atoms with van der Waals surface area (Å²) in [5.74, 6) is 1.49. The van der Waals surface area contributed by atoms with Crippen molar-refractivity contribution in [2.24, 2.45) is 0 Å². The van der Waals surface area contributed by atoms with E-state index in [0.717, 1.165) is 11.3 Å². The van der Waals surface area contributed by atoms with Gasteiger partial charge in [-0.15, -0.1) is 0 Å². The van der Waals surface area contributed by atoms with Crippen LogP contribution < -0.4 is 24.3 Å². The van der Waals surface area contributed by atoms with E-state index in [0.29, 0.717) is 49.0 Å². The molecule has 1 amide bonds. The number of methoxy groups -OCH3 is 2. The zero-order valence-electron chi connectivity index (χ0n) is 17.5. The second-order valence-electron chi connectivity index (χ2n) is 6.60. The molecule has 2 aromatic rings. The van der Waals surface area contributed by atoms with Crippen molar-refractivity contribution < 1.29 is 33.3 Å². The number of fused-ring (bicyclic) bond motifs is 1. The fourth-order valence-electron chi connectivity index (χ4n) is 3.03. The van der Waals surface area contributed by atoms with Crippen molar-refractivity contribution in [3.63, 3.8) is 0 Å². The first-order valence-corrected chi connectivity index (χ1v) is 9.81. The monoisotopic (exact) mass is 427 g/mol. The molecule has 2 aromatic carbocycles. The Bertz CT molecular complexity index is 955. The van der Waals surface area contributed by atoms with E-state index in [2.05, 4.69) is 5.32 Å². The van der Waals surface area contributed by atoms with Crippen LogP contribution in [0.25, 0.3) is 6.08 Å². The Morgan fingerprint density at radius 3 is 2.65 bits per heavy atom. The minimum Gasteiger partial charge on any atom is -0.493 e. The van der Waals surface area contributed by atoms with Crippen LogP contribution in [-0.2, 0) is 20.7 Å². The molecule has 8 nitrogen and oxygen atoms in total. The molecule has 0 aromatic heterocycles. The van der Waals surface area contributed by atoms with Gasteiger partial charge in [0, 0.05) is 18.2 Å². The van der Waals surface area contributed by atoms with Gasteiger partial charge in [-0.1, -0.05) is 18.2 Å². The van der Waals surface area contributed by atoms with Gasteiger partial charge in [0.2, 0.25) is 0 Å². The smallest absolute Gasteiger partial charge is 0.331 e. The van der Waals surface area contributed by atoms with E-state index in [1.807, 2.05) is 18.2 Å². The van der Waals surface area contributed by atoms with Crippen molar-refractivity contribution in [2.45, 2.75) is 6.42 Å². The van der Waals surface area contributed by atoms with E-state index in [1.54, 1.807) is 24.3 Å². The summed E-state index contributed by atoms with van der Waals surface area (Å²) in [4.78, 5) is 23.9. The predicted molar refractivity (Wildman–Crippen MR) is 114 cm³/mol. The van der Waals surface area contributed by atoms with Gasteiger partial charge in [0.05, 0.1) is 14.2 Å². The number of esters is 1. The van der Waals surface area contributed by atoms with E-state index in [-0.39, 0.29) is 12.5 Å². The maximum absolute atomic E-state index is 11.9. The van der Waals surface area contributed by atoms with Gasteiger partial charge >= 0.3 is 5.97 Å². The predicted octanol–water partition coefficient (Wildman–Crippen LogP) is 2.39. The number of hydrogen-bond acceptors (Lipinski definition) is 7. The standard InChI is InChI=1S/C23H25NO7/c1-27-19-5-3-4-17(23(19)28-2)7-9-22(26)31-15-21(25)24-11-10-16-6-8-18-20(14-16)30-13-12-29-18/h3-9,14H,10-13,15H2,1-2H3,(H,24,25)/b9-7+. The van der Waals surface area contributed by atoms with Crippen LogP contribution in [0.15, 0.2) is 42.5 Å². The SMILES string of the molecule is COc1cccc(/C=C/C(=O)OCC(=O)NCCc2ccc3c(c2)OCCO3)c1OC. The lowest BCUT2D eigenvalue weighted by Gasteiger charge is -2.18. The third kappa shape index (κ3) is 6.15. The lowest BCUT2D eigenvalue weighted by molar-refractivity contribution is -0.143. The average molecular weight is 427 g/mol. The third-order valence-electron chi connectivity index (χ3n) is 4.52. The minimum atomic E-state index is -0.633. The van der Waals surface area contributed by atoms with Gasteiger partial charge in [0.1, 0.15) is 13.2 Å². The Morgan fingerprint density at radius 2 is 1.87 bits per heavy atom. The minimum absolute atomic E-state index is 0.362. The average Bonchev–Trinajstić information content (AvgIpc) is 2.80. The Labute approximate surface area is 180 Å². The topological polar surface area (TPSA) is 92.3 Å². The second kappa shape index (κ2) is 10.9. The van der Waals surface area contributed by atoms with Crippen LogP contribution >= 0.6 is 0 Å². The quantitative estimate of drug-likeness (QED) is 0.485. The number of nitrogens with one attached hydrogen (secondary N) is 1. The van der Waals surface area contributed by atoms with Crippen molar-refractivity contribution in [3.8, 4) is 23.0 Å². The molecule has 0 atom stereocenters. The molecule has 0 aliphatic carbocycles. The van der Waals surface area contributed by atoms with Gasteiger partial charge in [-0.25, -0.2) is 4.79 Å². The third-order valence-corrected chi connectivity index (χ3v) is 4.52. The molecular weight excluding hydrogens is 402 g/mol. The molecule has 0 unspecified atom stereocenters. The molecule has 0 fully saturated rings. The summed E-state index contributed by atoms with van der Waals surface area (Å²) in [6.45, 7) is 1.12. The molecule has 0 radical (unpaired) electrons. The zero-order valence-corrected chi connectivity index (χ0v) is 17.5.